The lowest BCUT2D eigenvalue weighted by molar-refractivity contribution is -0.146. The smallest absolute Gasteiger partial charge is 0.410 e. The number of hydrogen-bond donors (Lipinski definition) is 0. The number of aromatic nitrogens is 3. The lowest BCUT2D eigenvalue weighted by Crippen LogP contribution is -2.58. The van der Waals surface area contributed by atoms with Crippen LogP contribution in [0, 0.1) is 11.7 Å². The van der Waals surface area contributed by atoms with Gasteiger partial charge in [0.15, 0.2) is 11.6 Å². The Bertz CT molecular complexity index is 1510. The van der Waals surface area contributed by atoms with Crippen LogP contribution >= 0.6 is 23.2 Å². The Hall–Kier alpha value is -3.37. The molecule has 0 bridgehead atoms. The van der Waals surface area contributed by atoms with Gasteiger partial charge >= 0.3 is 6.09 Å². The predicted octanol–water partition coefficient (Wildman–Crippen LogP) is 6.61. The van der Waals surface area contributed by atoms with Gasteiger partial charge in [0, 0.05) is 41.8 Å². The fourth-order valence-corrected chi connectivity index (χ4v) is 6.39. The van der Waals surface area contributed by atoms with E-state index in [0.717, 1.165) is 24.8 Å². The molecule has 0 N–H and O–H groups in total. The Labute approximate surface area is 267 Å². The molecule has 2 amide bonds. The molecule has 2 aliphatic rings. The van der Waals surface area contributed by atoms with Gasteiger partial charge in [-0.1, -0.05) is 28.4 Å². The van der Waals surface area contributed by atoms with Crippen LogP contribution in [0.25, 0.3) is 11.3 Å². The summed E-state index contributed by atoms with van der Waals surface area (Å²) in [4.78, 5) is 30.8. The first-order chi connectivity index (χ1) is 20.9. The number of carbonyl (C=O) groups excluding carboxylic acids is 2. The maximum Gasteiger partial charge on any atom is 0.410 e. The van der Waals surface area contributed by atoms with Crippen LogP contribution in [0.1, 0.15) is 52.0 Å². The van der Waals surface area contributed by atoms with Gasteiger partial charge in [0.05, 0.1) is 13.3 Å². The second-order valence-corrected chi connectivity index (χ2v) is 13.4. The molecule has 2 saturated heterocycles. The monoisotopic (exact) mass is 645 g/mol. The van der Waals surface area contributed by atoms with Crippen LogP contribution in [0.3, 0.4) is 0 Å². The maximum absolute atomic E-state index is 14.5. The van der Waals surface area contributed by atoms with Crippen molar-refractivity contribution < 1.29 is 23.5 Å². The number of benzene rings is 2. The summed E-state index contributed by atoms with van der Waals surface area (Å²) in [7, 11) is 1.41. The first-order valence-electron chi connectivity index (χ1n) is 14.9. The second-order valence-electron chi connectivity index (χ2n) is 12.6. The number of methoxy groups -OCH3 is 1. The molecule has 3 heterocycles. The average Bonchev–Trinajstić information content (AvgIpc) is 3.49. The zero-order chi connectivity index (χ0) is 31.6. The van der Waals surface area contributed by atoms with Gasteiger partial charge in [0.1, 0.15) is 16.8 Å². The Morgan fingerprint density at radius 3 is 2.36 bits per heavy atom. The van der Waals surface area contributed by atoms with Crippen LogP contribution in [-0.2, 0) is 21.5 Å². The molecule has 9 nitrogen and oxygen atoms in total. The average molecular weight is 647 g/mol. The topological polar surface area (TPSA) is 89.8 Å². The van der Waals surface area contributed by atoms with Crippen LogP contribution in [-0.4, -0.2) is 75.7 Å². The number of carbonyl (C=O) groups is 2. The van der Waals surface area contributed by atoms with Crippen molar-refractivity contribution in [2.24, 2.45) is 5.92 Å². The zero-order valence-electron chi connectivity index (χ0n) is 25.5. The Morgan fingerprint density at radius 1 is 1.02 bits per heavy atom. The molecule has 236 valence electrons. The molecule has 0 atom stereocenters. The maximum atomic E-state index is 14.5. The lowest BCUT2D eigenvalue weighted by Gasteiger charge is -2.44. The number of halogens is 3. The van der Waals surface area contributed by atoms with Crippen molar-refractivity contribution in [3.05, 3.63) is 64.0 Å². The van der Waals surface area contributed by atoms with Crippen LogP contribution in [0.15, 0.2) is 42.6 Å². The van der Waals surface area contributed by atoms with Gasteiger partial charge in [0.2, 0.25) is 0 Å². The Kier molecular flexibility index (Phi) is 9.41. The van der Waals surface area contributed by atoms with E-state index in [-0.39, 0.29) is 11.7 Å². The number of nitrogens with zero attached hydrogens (tertiary/aromatic N) is 5. The molecule has 2 aliphatic heterocycles. The van der Waals surface area contributed by atoms with Crippen molar-refractivity contribution in [1.29, 1.82) is 0 Å². The normalized spacial score (nSPS) is 17.4. The first-order valence-corrected chi connectivity index (χ1v) is 15.6. The van der Waals surface area contributed by atoms with Crippen molar-refractivity contribution in [1.82, 2.24) is 24.8 Å². The molecule has 0 radical (unpaired) electrons. The fraction of sp³-hybridized carbons (Fsp3) is 0.500. The van der Waals surface area contributed by atoms with Gasteiger partial charge in [-0.3, -0.25) is 4.79 Å². The summed E-state index contributed by atoms with van der Waals surface area (Å²) < 4.78 is 26.7. The highest BCUT2D eigenvalue weighted by atomic mass is 35.5. The third-order valence-corrected chi connectivity index (χ3v) is 9.04. The van der Waals surface area contributed by atoms with Gasteiger partial charge < -0.3 is 19.3 Å². The summed E-state index contributed by atoms with van der Waals surface area (Å²) in [6.45, 7) is 7.28. The third-order valence-electron chi connectivity index (χ3n) is 8.44. The van der Waals surface area contributed by atoms with Gasteiger partial charge in [-0.15, -0.1) is 5.10 Å². The molecule has 0 unspecified atom stereocenters. The van der Waals surface area contributed by atoms with Gasteiger partial charge in [-0.25, -0.2) is 13.9 Å². The van der Waals surface area contributed by atoms with Gasteiger partial charge in [0.25, 0.3) is 5.91 Å². The van der Waals surface area contributed by atoms with Crippen LogP contribution in [0.2, 0.25) is 10.0 Å². The summed E-state index contributed by atoms with van der Waals surface area (Å²) in [5.74, 6) is -0.0813. The number of likely N-dealkylation sites (tertiary alicyclic amines) is 2. The highest BCUT2D eigenvalue weighted by molar-refractivity contribution is 6.33. The fourth-order valence-electron chi connectivity index (χ4n) is 6.00. The zero-order valence-corrected chi connectivity index (χ0v) is 27.0. The molecule has 3 aromatic rings. The van der Waals surface area contributed by atoms with Gasteiger partial charge in [-0.05, 0) is 101 Å². The van der Waals surface area contributed by atoms with Crippen molar-refractivity contribution in [3.63, 3.8) is 0 Å². The van der Waals surface area contributed by atoms with Crippen LogP contribution in [0.5, 0.6) is 5.75 Å². The number of hydrogen-bond acceptors (Lipinski definition) is 6. The summed E-state index contributed by atoms with van der Waals surface area (Å²) in [5.41, 5.74) is 0.280. The molecule has 12 heteroatoms. The SMILES string of the molecule is COc1ccc(-c2cn(C3(C(=O)N4CCC(Cc5cc(Cl)ccc5Cl)CC4)CCN(C(=O)OC(C)(C)C)CC3)nn2)cc1F. The summed E-state index contributed by atoms with van der Waals surface area (Å²) in [6, 6.07) is 10.1. The molecular weight excluding hydrogens is 608 g/mol. The number of amides is 2. The number of piperidine rings is 2. The standard InChI is InChI=1S/C32H38Cl2FN5O4/c1-31(2,3)44-30(42)39-15-11-32(12-16-39,40-20-27(36-37-40)22-5-8-28(43-4)26(35)19-22)29(41)38-13-9-21(10-14-38)17-23-18-24(33)6-7-25(23)34/h5-8,18-21H,9-17H2,1-4H3. The molecule has 2 aromatic carbocycles. The highest BCUT2D eigenvalue weighted by Crippen LogP contribution is 2.36. The van der Waals surface area contributed by atoms with E-state index in [9.17, 15) is 14.0 Å². The van der Waals surface area contributed by atoms with E-state index in [1.165, 1.54) is 19.2 Å². The minimum Gasteiger partial charge on any atom is -0.494 e. The molecule has 0 aliphatic carbocycles. The van der Waals surface area contributed by atoms with E-state index in [1.807, 2.05) is 37.8 Å². The first kappa shape index (κ1) is 32.0. The Morgan fingerprint density at radius 2 is 1.73 bits per heavy atom. The second kappa shape index (κ2) is 12.9. The molecule has 0 saturated carbocycles. The molecule has 5 rings (SSSR count). The van der Waals surface area contributed by atoms with Crippen molar-refractivity contribution in [2.75, 3.05) is 33.3 Å². The summed E-state index contributed by atoms with van der Waals surface area (Å²) >= 11 is 12.6. The van der Waals surface area contributed by atoms with E-state index in [4.69, 9.17) is 32.7 Å². The molecule has 44 heavy (non-hydrogen) atoms. The molecule has 1 aromatic heterocycles. The van der Waals surface area contributed by atoms with Crippen molar-refractivity contribution in [2.45, 2.75) is 64.0 Å². The van der Waals surface area contributed by atoms with Crippen molar-refractivity contribution in [3.8, 4) is 17.0 Å². The highest BCUT2D eigenvalue weighted by Gasteiger charge is 2.48. The minimum atomic E-state index is -1.06. The summed E-state index contributed by atoms with van der Waals surface area (Å²) in [5, 5.41) is 10.1. The molecule has 0 spiro atoms. The van der Waals surface area contributed by atoms with E-state index in [0.29, 0.717) is 66.2 Å². The van der Waals surface area contributed by atoms with Gasteiger partial charge in [-0.2, -0.15) is 0 Å². The Balaban J connectivity index is 1.36. The molecular formula is C32H38Cl2FN5O4. The summed E-state index contributed by atoms with van der Waals surface area (Å²) in [6.07, 6.45) is 4.39. The minimum absolute atomic E-state index is 0.0575. The van der Waals surface area contributed by atoms with Crippen LogP contribution < -0.4 is 4.74 Å². The van der Waals surface area contributed by atoms with E-state index in [1.54, 1.807) is 27.9 Å². The lowest BCUT2D eigenvalue weighted by atomic mass is 9.84. The van der Waals surface area contributed by atoms with E-state index in [2.05, 4.69) is 10.3 Å². The molecule has 2 fully saturated rings. The predicted molar refractivity (Wildman–Crippen MR) is 166 cm³/mol. The van der Waals surface area contributed by atoms with E-state index >= 15 is 0 Å². The van der Waals surface area contributed by atoms with Crippen LogP contribution in [0.4, 0.5) is 9.18 Å². The quantitative estimate of drug-likeness (QED) is 0.300. The van der Waals surface area contributed by atoms with Crippen molar-refractivity contribution >= 4 is 35.2 Å². The number of ether oxygens (including phenoxy) is 2. The largest absolute Gasteiger partial charge is 0.494 e. The third kappa shape index (κ3) is 6.96. The number of rotatable bonds is 6. The van der Waals surface area contributed by atoms with E-state index < -0.39 is 23.1 Å².